The van der Waals surface area contributed by atoms with Gasteiger partial charge in [0.25, 0.3) is 0 Å². The van der Waals surface area contributed by atoms with E-state index in [0.29, 0.717) is 13.2 Å². The van der Waals surface area contributed by atoms with Crippen LogP contribution in [-0.2, 0) is 6.54 Å². The Balaban J connectivity index is 1.71. The van der Waals surface area contributed by atoms with Crippen molar-refractivity contribution in [3.05, 3.63) is 78.1 Å². The Kier molecular flexibility index (Phi) is 6.90. The van der Waals surface area contributed by atoms with Crippen molar-refractivity contribution in [1.82, 2.24) is 4.98 Å². The zero-order valence-electron chi connectivity index (χ0n) is 18.2. The van der Waals surface area contributed by atoms with Gasteiger partial charge < -0.3 is 19.5 Å². The number of pyridine rings is 1. The summed E-state index contributed by atoms with van der Waals surface area (Å²) in [5.74, 6) is 0.553. The lowest BCUT2D eigenvalue weighted by Crippen LogP contribution is -2.18. The Bertz CT molecular complexity index is 1030. The molecular formula is C26H28N2O4. The van der Waals surface area contributed by atoms with Gasteiger partial charge in [0.1, 0.15) is 0 Å². The first-order chi connectivity index (χ1) is 15.6. The van der Waals surface area contributed by atoms with E-state index in [4.69, 9.17) is 9.47 Å². The van der Waals surface area contributed by atoms with E-state index in [-0.39, 0.29) is 11.7 Å². The smallest absolute Gasteiger partial charge is 0.335 e. The second kappa shape index (κ2) is 10.2. The highest BCUT2D eigenvalue weighted by Gasteiger charge is 2.20. The normalized spacial score (nSPS) is 13.7. The van der Waals surface area contributed by atoms with E-state index in [1.54, 1.807) is 24.5 Å². The van der Waals surface area contributed by atoms with Gasteiger partial charge in [-0.3, -0.25) is 4.98 Å². The van der Waals surface area contributed by atoms with Gasteiger partial charge in [-0.25, -0.2) is 4.79 Å². The minimum Gasteiger partial charge on any atom is -0.490 e. The molecular weight excluding hydrogens is 404 g/mol. The number of hydrogen-bond donors (Lipinski definition) is 1. The fourth-order valence-corrected chi connectivity index (χ4v) is 4.00. The van der Waals surface area contributed by atoms with Crippen LogP contribution < -0.4 is 14.4 Å². The fourth-order valence-electron chi connectivity index (χ4n) is 4.00. The summed E-state index contributed by atoms with van der Waals surface area (Å²) in [6, 6.07) is 16.9. The van der Waals surface area contributed by atoms with Crippen molar-refractivity contribution in [1.29, 1.82) is 0 Å². The summed E-state index contributed by atoms with van der Waals surface area (Å²) in [5.41, 5.74) is 3.19. The zero-order valence-corrected chi connectivity index (χ0v) is 18.2. The van der Waals surface area contributed by atoms with Crippen molar-refractivity contribution < 1.29 is 19.4 Å². The summed E-state index contributed by atoms with van der Waals surface area (Å²) < 4.78 is 12.2. The van der Waals surface area contributed by atoms with Crippen molar-refractivity contribution in [3.8, 4) is 11.5 Å². The number of ether oxygens (including phenoxy) is 2. The van der Waals surface area contributed by atoms with Gasteiger partial charge >= 0.3 is 5.97 Å². The highest BCUT2D eigenvalue weighted by atomic mass is 16.5. The number of aromatic carboxylic acids is 1. The molecule has 2 aromatic carbocycles. The zero-order chi connectivity index (χ0) is 22.3. The molecule has 6 nitrogen and oxygen atoms in total. The van der Waals surface area contributed by atoms with Gasteiger partial charge in [-0.1, -0.05) is 0 Å². The number of rotatable bonds is 9. The highest BCUT2D eigenvalue weighted by molar-refractivity contribution is 5.88. The van der Waals surface area contributed by atoms with Gasteiger partial charge in [0, 0.05) is 36.4 Å². The summed E-state index contributed by atoms with van der Waals surface area (Å²) in [7, 11) is 0. The van der Waals surface area contributed by atoms with Crippen LogP contribution in [0.25, 0.3) is 0 Å². The molecule has 6 heteroatoms. The van der Waals surface area contributed by atoms with Crippen LogP contribution in [0.3, 0.4) is 0 Å². The summed E-state index contributed by atoms with van der Waals surface area (Å²) in [6.45, 7) is 3.14. The number of aromatic nitrogens is 1. The predicted octanol–water partition coefficient (Wildman–Crippen LogP) is 5.84. The third kappa shape index (κ3) is 5.19. The van der Waals surface area contributed by atoms with Gasteiger partial charge in [-0.15, -0.1) is 0 Å². The molecule has 32 heavy (non-hydrogen) atoms. The maximum absolute atomic E-state index is 11.3. The van der Waals surface area contributed by atoms with Crippen LogP contribution in [0.4, 0.5) is 11.4 Å². The molecule has 0 saturated heterocycles. The van der Waals surface area contributed by atoms with Gasteiger partial charge in [-0.05, 0) is 86.7 Å². The molecule has 0 unspecified atom stereocenters. The minimum absolute atomic E-state index is 0.216. The summed E-state index contributed by atoms with van der Waals surface area (Å²) in [5, 5.41) is 9.27. The van der Waals surface area contributed by atoms with Crippen molar-refractivity contribution in [2.75, 3.05) is 11.5 Å². The molecule has 0 atom stereocenters. The maximum Gasteiger partial charge on any atom is 0.335 e. The van der Waals surface area contributed by atoms with Crippen molar-refractivity contribution in [3.63, 3.8) is 0 Å². The second-order valence-electron chi connectivity index (χ2n) is 7.88. The van der Waals surface area contributed by atoms with Gasteiger partial charge in [0.15, 0.2) is 11.5 Å². The first-order valence-electron chi connectivity index (χ1n) is 11.1. The topological polar surface area (TPSA) is 71.9 Å². The van der Waals surface area contributed by atoms with Crippen LogP contribution in [0.2, 0.25) is 0 Å². The van der Waals surface area contributed by atoms with Gasteiger partial charge in [0.2, 0.25) is 0 Å². The average Bonchev–Trinajstić information content (AvgIpc) is 3.33. The Morgan fingerprint density at radius 3 is 2.34 bits per heavy atom. The molecule has 0 amide bonds. The van der Waals surface area contributed by atoms with Crippen LogP contribution in [0, 0.1) is 0 Å². The molecule has 0 aliphatic heterocycles. The Hall–Kier alpha value is -3.54. The summed E-state index contributed by atoms with van der Waals surface area (Å²) in [4.78, 5) is 17.5. The maximum atomic E-state index is 11.3. The standard InChI is InChI=1S/C26H28N2O4/c1-2-31-24-12-11-22(17-25(24)32-23-5-3-4-6-23)28(18-19-13-15-27-16-14-19)21-9-7-20(8-10-21)26(29)30/h7-17,23H,2-6,18H2,1H3,(H,29,30). The van der Waals surface area contributed by atoms with Gasteiger partial charge in [-0.2, -0.15) is 0 Å². The third-order valence-corrected chi connectivity index (χ3v) is 5.65. The number of carboxylic acid groups (broad SMARTS) is 1. The molecule has 1 fully saturated rings. The molecule has 4 rings (SSSR count). The van der Waals surface area contributed by atoms with E-state index in [1.807, 2.05) is 49.4 Å². The van der Waals surface area contributed by atoms with Crippen molar-refractivity contribution in [2.24, 2.45) is 0 Å². The quantitative estimate of drug-likeness (QED) is 0.458. The number of carboxylic acids is 1. The Morgan fingerprint density at radius 2 is 1.69 bits per heavy atom. The van der Waals surface area contributed by atoms with Crippen LogP contribution >= 0.6 is 0 Å². The highest BCUT2D eigenvalue weighted by Crippen LogP contribution is 2.38. The Labute approximate surface area is 188 Å². The first kappa shape index (κ1) is 21.7. The van der Waals surface area contributed by atoms with Crippen molar-refractivity contribution >= 4 is 17.3 Å². The molecule has 0 spiro atoms. The van der Waals surface area contributed by atoms with E-state index in [2.05, 4.69) is 9.88 Å². The lowest BCUT2D eigenvalue weighted by Gasteiger charge is -2.27. The lowest BCUT2D eigenvalue weighted by molar-refractivity contribution is 0.0697. The number of hydrogen-bond acceptors (Lipinski definition) is 5. The van der Waals surface area contributed by atoms with Gasteiger partial charge in [0.05, 0.1) is 18.3 Å². The molecule has 1 N–H and O–H groups in total. The number of benzene rings is 2. The fraction of sp³-hybridized carbons (Fsp3) is 0.308. The molecule has 1 aliphatic rings. The Morgan fingerprint density at radius 1 is 1.00 bits per heavy atom. The molecule has 3 aromatic rings. The van der Waals surface area contributed by atoms with Crippen LogP contribution in [-0.4, -0.2) is 28.8 Å². The third-order valence-electron chi connectivity index (χ3n) is 5.65. The molecule has 1 aliphatic carbocycles. The number of nitrogens with zero attached hydrogens (tertiary/aromatic N) is 2. The average molecular weight is 433 g/mol. The monoisotopic (exact) mass is 432 g/mol. The molecule has 1 aromatic heterocycles. The van der Waals surface area contributed by atoms with Crippen LogP contribution in [0.1, 0.15) is 48.5 Å². The van der Waals surface area contributed by atoms with E-state index in [0.717, 1.165) is 41.3 Å². The molecule has 1 heterocycles. The van der Waals surface area contributed by atoms with Crippen LogP contribution in [0.15, 0.2) is 67.0 Å². The van der Waals surface area contributed by atoms with Crippen molar-refractivity contribution in [2.45, 2.75) is 45.3 Å². The predicted molar refractivity (Wildman–Crippen MR) is 124 cm³/mol. The molecule has 166 valence electrons. The lowest BCUT2D eigenvalue weighted by atomic mass is 10.1. The first-order valence-corrected chi connectivity index (χ1v) is 11.1. The van der Waals surface area contributed by atoms with E-state index in [9.17, 15) is 9.90 Å². The van der Waals surface area contributed by atoms with E-state index < -0.39 is 5.97 Å². The molecule has 1 saturated carbocycles. The number of anilines is 2. The van der Waals surface area contributed by atoms with E-state index in [1.165, 1.54) is 12.8 Å². The minimum atomic E-state index is -0.939. The van der Waals surface area contributed by atoms with Crippen LogP contribution in [0.5, 0.6) is 11.5 Å². The van der Waals surface area contributed by atoms with E-state index >= 15 is 0 Å². The largest absolute Gasteiger partial charge is 0.490 e. The molecule has 0 bridgehead atoms. The summed E-state index contributed by atoms with van der Waals surface area (Å²) in [6.07, 6.45) is 8.27. The SMILES string of the molecule is CCOc1ccc(N(Cc2ccncc2)c2ccc(C(=O)O)cc2)cc1OC1CCCC1. The summed E-state index contributed by atoms with van der Waals surface area (Å²) >= 11 is 0. The second-order valence-corrected chi connectivity index (χ2v) is 7.88. The number of carbonyl (C=O) groups is 1. The molecule has 0 radical (unpaired) electrons.